The van der Waals surface area contributed by atoms with Crippen molar-refractivity contribution in [3.63, 3.8) is 0 Å². The van der Waals surface area contributed by atoms with Crippen molar-refractivity contribution >= 4 is 0 Å². The molecule has 0 fully saturated rings. The molecule has 0 saturated carbocycles. The summed E-state index contributed by atoms with van der Waals surface area (Å²) in [5.74, 6) is 3.06. The van der Waals surface area contributed by atoms with Crippen LogP contribution in [0.25, 0.3) is 0 Å². The number of rotatable bonds is 12. The standard InChI is InChI=1S/C23H33NO4/c1-6-8-13-28-21-11-9-17(14-22(21)26-4)16-24-19(7-2)18-10-12-20(25-3)23(15-18)27-5/h9-12,14-15,19,24H,6-8,13,16H2,1-5H3. The van der Waals surface area contributed by atoms with E-state index in [9.17, 15) is 0 Å². The van der Waals surface area contributed by atoms with Gasteiger partial charge in [-0.05, 0) is 48.2 Å². The summed E-state index contributed by atoms with van der Waals surface area (Å²) in [5, 5.41) is 3.62. The first kappa shape index (κ1) is 21.9. The van der Waals surface area contributed by atoms with Crippen LogP contribution in [0.3, 0.4) is 0 Å². The van der Waals surface area contributed by atoms with Crippen LogP contribution in [0, 0.1) is 0 Å². The van der Waals surface area contributed by atoms with Crippen molar-refractivity contribution in [1.29, 1.82) is 0 Å². The van der Waals surface area contributed by atoms with Gasteiger partial charge in [-0.25, -0.2) is 0 Å². The number of hydrogen-bond acceptors (Lipinski definition) is 5. The van der Waals surface area contributed by atoms with Crippen molar-refractivity contribution in [2.24, 2.45) is 0 Å². The van der Waals surface area contributed by atoms with Crippen LogP contribution in [0.2, 0.25) is 0 Å². The van der Waals surface area contributed by atoms with Crippen LogP contribution in [-0.2, 0) is 6.54 Å². The van der Waals surface area contributed by atoms with Gasteiger partial charge in [-0.2, -0.15) is 0 Å². The summed E-state index contributed by atoms with van der Waals surface area (Å²) in [6.45, 7) is 5.76. The minimum absolute atomic E-state index is 0.214. The molecule has 0 saturated heterocycles. The second-order valence-electron chi connectivity index (χ2n) is 6.64. The van der Waals surface area contributed by atoms with E-state index in [1.165, 1.54) is 5.56 Å². The number of methoxy groups -OCH3 is 3. The fraction of sp³-hybridized carbons (Fsp3) is 0.478. The second-order valence-corrected chi connectivity index (χ2v) is 6.64. The number of benzene rings is 2. The molecule has 5 heteroatoms. The lowest BCUT2D eigenvalue weighted by Crippen LogP contribution is -2.20. The first-order valence-electron chi connectivity index (χ1n) is 9.91. The van der Waals surface area contributed by atoms with Crippen LogP contribution in [0.15, 0.2) is 36.4 Å². The van der Waals surface area contributed by atoms with Gasteiger partial charge in [0.05, 0.1) is 27.9 Å². The molecule has 0 aromatic heterocycles. The van der Waals surface area contributed by atoms with E-state index in [4.69, 9.17) is 18.9 Å². The molecule has 1 unspecified atom stereocenters. The first-order valence-corrected chi connectivity index (χ1v) is 9.91. The van der Waals surface area contributed by atoms with Gasteiger partial charge in [-0.3, -0.25) is 0 Å². The summed E-state index contributed by atoms with van der Waals surface area (Å²) >= 11 is 0. The van der Waals surface area contributed by atoms with Gasteiger partial charge < -0.3 is 24.3 Å². The minimum atomic E-state index is 0.214. The van der Waals surface area contributed by atoms with Crippen LogP contribution >= 0.6 is 0 Å². The smallest absolute Gasteiger partial charge is 0.161 e. The molecule has 1 atom stereocenters. The topological polar surface area (TPSA) is 49.0 Å². The third-order valence-corrected chi connectivity index (χ3v) is 4.75. The van der Waals surface area contributed by atoms with Gasteiger partial charge >= 0.3 is 0 Å². The zero-order valence-electron chi connectivity index (χ0n) is 17.7. The Bertz CT molecular complexity index is 733. The normalized spacial score (nSPS) is 11.8. The van der Waals surface area contributed by atoms with Crippen molar-refractivity contribution in [2.45, 2.75) is 45.7 Å². The Hall–Kier alpha value is -2.40. The van der Waals surface area contributed by atoms with E-state index in [1.807, 2.05) is 24.3 Å². The summed E-state index contributed by atoms with van der Waals surface area (Å²) in [5.41, 5.74) is 2.32. The molecule has 2 aromatic carbocycles. The lowest BCUT2D eigenvalue weighted by Gasteiger charge is -2.20. The second kappa shape index (κ2) is 11.4. The molecule has 28 heavy (non-hydrogen) atoms. The van der Waals surface area contributed by atoms with E-state index in [1.54, 1.807) is 21.3 Å². The molecule has 0 amide bonds. The third kappa shape index (κ3) is 5.80. The van der Waals surface area contributed by atoms with E-state index < -0.39 is 0 Å². The van der Waals surface area contributed by atoms with E-state index in [-0.39, 0.29) is 6.04 Å². The van der Waals surface area contributed by atoms with Gasteiger partial charge in [0.25, 0.3) is 0 Å². The van der Waals surface area contributed by atoms with Crippen molar-refractivity contribution in [1.82, 2.24) is 5.32 Å². The van der Waals surface area contributed by atoms with E-state index in [0.717, 1.165) is 54.4 Å². The molecule has 0 aliphatic rings. The Morgan fingerprint density at radius 2 is 1.50 bits per heavy atom. The van der Waals surface area contributed by atoms with Crippen LogP contribution in [0.1, 0.15) is 50.3 Å². The maximum Gasteiger partial charge on any atom is 0.161 e. The van der Waals surface area contributed by atoms with Gasteiger partial charge in [0.1, 0.15) is 0 Å². The summed E-state index contributed by atoms with van der Waals surface area (Å²) in [4.78, 5) is 0. The largest absolute Gasteiger partial charge is 0.493 e. The molecule has 0 radical (unpaired) electrons. The molecule has 0 heterocycles. The van der Waals surface area contributed by atoms with Gasteiger partial charge in [0.2, 0.25) is 0 Å². The summed E-state index contributed by atoms with van der Waals surface area (Å²) < 4.78 is 22.1. The summed E-state index contributed by atoms with van der Waals surface area (Å²) in [7, 11) is 4.99. The number of nitrogens with one attached hydrogen (secondary N) is 1. The highest BCUT2D eigenvalue weighted by Gasteiger charge is 2.13. The quantitative estimate of drug-likeness (QED) is 0.512. The third-order valence-electron chi connectivity index (χ3n) is 4.75. The SMILES string of the molecule is CCCCOc1ccc(CNC(CC)c2ccc(OC)c(OC)c2)cc1OC. The molecule has 1 N–H and O–H groups in total. The maximum atomic E-state index is 5.82. The monoisotopic (exact) mass is 387 g/mol. The average Bonchev–Trinajstić information content (AvgIpc) is 2.74. The molecule has 0 spiro atoms. The van der Waals surface area contributed by atoms with Crippen LogP contribution in [0.4, 0.5) is 0 Å². The van der Waals surface area contributed by atoms with Crippen molar-refractivity contribution in [2.75, 3.05) is 27.9 Å². The Morgan fingerprint density at radius 1 is 0.821 bits per heavy atom. The zero-order valence-corrected chi connectivity index (χ0v) is 17.7. The summed E-state index contributed by atoms with van der Waals surface area (Å²) in [6, 6.07) is 12.4. The molecule has 0 aliphatic carbocycles. The number of unbranched alkanes of at least 4 members (excludes halogenated alkanes) is 1. The Morgan fingerprint density at radius 3 is 2.14 bits per heavy atom. The molecule has 0 bridgehead atoms. The van der Waals surface area contributed by atoms with Gasteiger partial charge in [-0.15, -0.1) is 0 Å². The van der Waals surface area contributed by atoms with E-state index in [2.05, 4.69) is 31.3 Å². The average molecular weight is 388 g/mol. The van der Waals surface area contributed by atoms with Gasteiger partial charge in [0, 0.05) is 12.6 Å². The van der Waals surface area contributed by atoms with Crippen LogP contribution < -0.4 is 24.3 Å². The lowest BCUT2D eigenvalue weighted by molar-refractivity contribution is 0.288. The number of ether oxygens (including phenoxy) is 4. The fourth-order valence-electron chi connectivity index (χ4n) is 3.08. The van der Waals surface area contributed by atoms with E-state index in [0.29, 0.717) is 6.61 Å². The Balaban J connectivity index is 2.06. The summed E-state index contributed by atoms with van der Waals surface area (Å²) in [6.07, 6.45) is 3.11. The molecule has 5 nitrogen and oxygen atoms in total. The van der Waals surface area contributed by atoms with Crippen molar-refractivity contribution < 1.29 is 18.9 Å². The number of hydrogen-bond donors (Lipinski definition) is 1. The molecule has 2 rings (SSSR count). The molecule has 2 aromatic rings. The molecular formula is C23H33NO4. The predicted molar refractivity (Wildman–Crippen MR) is 113 cm³/mol. The molecular weight excluding hydrogens is 354 g/mol. The predicted octanol–water partition coefficient (Wildman–Crippen LogP) is 5.13. The van der Waals surface area contributed by atoms with Gasteiger partial charge in [0.15, 0.2) is 23.0 Å². The zero-order chi connectivity index (χ0) is 20.4. The van der Waals surface area contributed by atoms with Crippen LogP contribution in [-0.4, -0.2) is 27.9 Å². The maximum absolute atomic E-state index is 5.82. The highest BCUT2D eigenvalue weighted by atomic mass is 16.5. The minimum Gasteiger partial charge on any atom is -0.493 e. The molecule has 0 aliphatic heterocycles. The van der Waals surface area contributed by atoms with Crippen molar-refractivity contribution in [3.05, 3.63) is 47.5 Å². The van der Waals surface area contributed by atoms with E-state index >= 15 is 0 Å². The van der Waals surface area contributed by atoms with Crippen molar-refractivity contribution in [3.8, 4) is 23.0 Å². The lowest BCUT2D eigenvalue weighted by atomic mass is 10.0. The Kier molecular flexibility index (Phi) is 8.95. The van der Waals surface area contributed by atoms with Gasteiger partial charge in [-0.1, -0.05) is 32.4 Å². The highest BCUT2D eigenvalue weighted by molar-refractivity contribution is 5.44. The van der Waals surface area contributed by atoms with Crippen LogP contribution in [0.5, 0.6) is 23.0 Å². The Labute approximate surface area is 169 Å². The molecule has 154 valence electrons. The first-order chi connectivity index (χ1) is 13.7. The highest BCUT2D eigenvalue weighted by Crippen LogP contribution is 2.32. The fourth-order valence-corrected chi connectivity index (χ4v) is 3.08.